The molecule has 0 amide bonds. The highest BCUT2D eigenvalue weighted by Crippen LogP contribution is 2.34. The summed E-state index contributed by atoms with van der Waals surface area (Å²) in [5, 5.41) is 9.06. The summed E-state index contributed by atoms with van der Waals surface area (Å²) in [6, 6.07) is 6.63. The van der Waals surface area contributed by atoms with Crippen LogP contribution in [-0.4, -0.2) is 24.8 Å². The van der Waals surface area contributed by atoms with E-state index in [1.165, 1.54) is 23.2 Å². The van der Waals surface area contributed by atoms with Crippen LogP contribution in [0.3, 0.4) is 0 Å². The third-order valence-corrected chi connectivity index (χ3v) is 4.03. The fourth-order valence-electron chi connectivity index (χ4n) is 3.03. The molecular weight excluding hydrogens is 222 g/mol. The SMILES string of the molecule is Cc1cccc(C(C)C)c1N1CCC(CCO)C1. The molecule has 1 aromatic carbocycles. The maximum Gasteiger partial charge on any atom is 0.0434 e. The van der Waals surface area contributed by atoms with Gasteiger partial charge in [0.2, 0.25) is 0 Å². The Labute approximate surface area is 111 Å². The fraction of sp³-hybridized carbons (Fsp3) is 0.625. The van der Waals surface area contributed by atoms with E-state index < -0.39 is 0 Å². The Hall–Kier alpha value is -1.02. The molecule has 2 nitrogen and oxygen atoms in total. The number of hydrogen-bond acceptors (Lipinski definition) is 2. The molecule has 0 aromatic heterocycles. The summed E-state index contributed by atoms with van der Waals surface area (Å²) in [6.07, 6.45) is 2.16. The largest absolute Gasteiger partial charge is 0.396 e. The van der Waals surface area contributed by atoms with Crippen molar-refractivity contribution in [2.75, 3.05) is 24.6 Å². The zero-order valence-corrected chi connectivity index (χ0v) is 11.8. The predicted octanol–water partition coefficient (Wildman–Crippen LogP) is 3.33. The molecule has 1 unspecified atom stereocenters. The van der Waals surface area contributed by atoms with Crippen LogP contribution in [0.4, 0.5) is 5.69 Å². The minimum atomic E-state index is 0.323. The van der Waals surface area contributed by atoms with Crippen LogP contribution in [0.25, 0.3) is 0 Å². The van der Waals surface area contributed by atoms with Crippen LogP contribution in [0.1, 0.15) is 43.7 Å². The molecule has 0 bridgehead atoms. The lowest BCUT2D eigenvalue weighted by molar-refractivity contribution is 0.263. The van der Waals surface area contributed by atoms with E-state index in [0.717, 1.165) is 19.5 Å². The monoisotopic (exact) mass is 247 g/mol. The maximum absolute atomic E-state index is 9.06. The standard InChI is InChI=1S/C16H25NO/c1-12(2)15-6-4-5-13(3)16(15)17-9-7-14(11-17)8-10-18/h4-6,12,14,18H,7-11H2,1-3H3. The summed E-state index contributed by atoms with van der Waals surface area (Å²) < 4.78 is 0. The van der Waals surface area contributed by atoms with Crippen molar-refractivity contribution in [3.8, 4) is 0 Å². The van der Waals surface area contributed by atoms with Crippen molar-refractivity contribution < 1.29 is 5.11 Å². The molecular formula is C16H25NO. The molecule has 1 heterocycles. The molecule has 1 aliphatic rings. The first-order valence-corrected chi connectivity index (χ1v) is 7.08. The highest BCUT2D eigenvalue weighted by molar-refractivity contribution is 5.61. The number of benzene rings is 1. The summed E-state index contributed by atoms with van der Waals surface area (Å²) in [7, 11) is 0. The molecule has 1 fully saturated rings. The lowest BCUT2D eigenvalue weighted by atomic mass is 9.97. The third kappa shape index (κ3) is 2.69. The van der Waals surface area contributed by atoms with Gasteiger partial charge in [-0.1, -0.05) is 32.0 Å². The van der Waals surface area contributed by atoms with Gasteiger partial charge >= 0.3 is 0 Å². The van der Waals surface area contributed by atoms with E-state index in [-0.39, 0.29) is 0 Å². The van der Waals surface area contributed by atoms with Gasteiger partial charge in [0.25, 0.3) is 0 Å². The van der Waals surface area contributed by atoms with Gasteiger partial charge < -0.3 is 10.0 Å². The smallest absolute Gasteiger partial charge is 0.0434 e. The first-order valence-electron chi connectivity index (χ1n) is 7.08. The van der Waals surface area contributed by atoms with Gasteiger partial charge in [-0.2, -0.15) is 0 Å². The highest BCUT2D eigenvalue weighted by Gasteiger charge is 2.25. The topological polar surface area (TPSA) is 23.5 Å². The van der Waals surface area contributed by atoms with Gasteiger partial charge in [0.05, 0.1) is 0 Å². The number of aliphatic hydroxyl groups excluding tert-OH is 1. The minimum Gasteiger partial charge on any atom is -0.396 e. The maximum atomic E-state index is 9.06. The molecule has 2 rings (SSSR count). The van der Waals surface area contributed by atoms with Gasteiger partial charge in [0.1, 0.15) is 0 Å². The Morgan fingerprint density at radius 3 is 2.83 bits per heavy atom. The van der Waals surface area contributed by atoms with Crippen LogP contribution >= 0.6 is 0 Å². The number of hydrogen-bond donors (Lipinski definition) is 1. The molecule has 1 aliphatic heterocycles. The average Bonchev–Trinajstić information content (AvgIpc) is 2.77. The molecule has 1 aromatic rings. The second-order valence-electron chi connectivity index (χ2n) is 5.78. The first-order chi connectivity index (χ1) is 8.63. The van der Waals surface area contributed by atoms with Crippen LogP contribution in [0.15, 0.2) is 18.2 Å². The van der Waals surface area contributed by atoms with Crippen molar-refractivity contribution >= 4 is 5.69 Å². The lowest BCUT2D eigenvalue weighted by Gasteiger charge is -2.26. The molecule has 1 saturated heterocycles. The molecule has 0 saturated carbocycles. The molecule has 0 aliphatic carbocycles. The molecule has 1 N–H and O–H groups in total. The van der Waals surface area contributed by atoms with Crippen LogP contribution in [0.2, 0.25) is 0 Å². The molecule has 0 radical (unpaired) electrons. The van der Waals surface area contributed by atoms with Gasteiger partial charge in [0.15, 0.2) is 0 Å². The quantitative estimate of drug-likeness (QED) is 0.882. The second kappa shape index (κ2) is 5.75. The predicted molar refractivity (Wildman–Crippen MR) is 77.3 cm³/mol. The Bertz CT molecular complexity index is 400. The van der Waals surface area contributed by atoms with Gasteiger partial charge in [-0.05, 0) is 42.7 Å². The summed E-state index contributed by atoms with van der Waals surface area (Å²) in [5.41, 5.74) is 4.28. The van der Waals surface area contributed by atoms with E-state index >= 15 is 0 Å². The molecule has 18 heavy (non-hydrogen) atoms. The van der Waals surface area contributed by atoms with E-state index in [1.54, 1.807) is 0 Å². The molecule has 100 valence electrons. The van der Waals surface area contributed by atoms with Crippen LogP contribution in [0.5, 0.6) is 0 Å². The summed E-state index contributed by atoms with van der Waals surface area (Å²) in [4.78, 5) is 2.52. The minimum absolute atomic E-state index is 0.323. The molecule has 2 heteroatoms. The Morgan fingerprint density at radius 2 is 2.17 bits per heavy atom. The summed E-state index contributed by atoms with van der Waals surface area (Å²) in [6.45, 7) is 9.30. The van der Waals surface area contributed by atoms with Crippen molar-refractivity contribution in [1.29, 1.82) is 0 Å². The first kappa shape index (κ1) is 13.4. The molecule has 0 spiro atoms. The number of anilines is 1. The van der Waals surface area contributed by atoms with Crippen molar-refractivity contribution in [2.45, 2.75) is 39.5 Å². The van der Waals surface area contributed by atoms with E-state index in [2.05, 4.69) is 43.9 Å². The number of aryl methyl sites for hydroxylation is 1. The Balaban J connectivity index is 2.23. The zero-order valence-electron chi connectivity index (χ0n) is 11.8. The Morgan fingerprint density at radius 1 is 1.39 bits per heavy atom. The Kier molecular flexibility index (Phi) is 4.28. The van der Waals surface area contributed by atoms with E-state index in [0.29, 0.717) is 18.4 Å². The van der Waals surface area contributed by atoms with E-state index in [9.17, 15) is 0 Å². The van der Waals surface area contributed by atoms with Crippen LogP contribution in [0, 0.1) is 12.8 Å². The number of para-hydroxylation sites is 1. The average molecular weight is 247 g/mol. The van der Waals surface area contributed by atoms with E-state index in [4.69, 9.17) is 5.11 Å². The number of rotatable bonds is 4. The van der Waals surface area contributed by atoms with E-state index in [1.807, 2.05) is 0 Å². The lowest BCUT2D eigenvalue weighted by Crippen LogP contribution is -2.22. The van der Waals surface area contributed by atoms with Gasteiger partial charge in [-0.15, -0.1) is 0 Å². The van der Waals surface area contributed by atoms with Crippen molar-refractivity contribution in [1.82, 2.24) is 0 Å². The second-order valence-corrected chi connectivity index (χ2v) is 5.78. The summed E-state index contributed by atoms with van der Waals surface area (Å²) in [5.74, 6) is 1.23. The van der Waals surface area contributed by atoms with Crippen LogP contribution < -0.4 is 4.90 Å². The van der Waals surface area contributed by atoms with Crippen molar-refractivity contribution in [2.24, 2.45) is 5.92 Å². The van der Waals surface area contributed by atoms with Gasteiger partial charge in [0, 0.05) is 25.4 Å². The van der Waals surface area contributed by atoms with Crippen molar-refractivity contribution in [3.05, 3.63) is 29.3 Å². The van der Waals surface area contributed by atoms with Crippen LogP contribution in [-0.2, 0) is 0 Å². The van der Waals surface area contributed by atoms with Gasteiger partial charge in [-0.25, -0.2) is 0 Å². The normalized spacial score (nSPS) is 19.8. The zero-order chi connectivity index (χ0) is 13.1. The fourth-order valence-corrected chi connectivity index (χ4v) is 3.03. The number of nitrogens with zero attached hydrogens (tertiary/aromatic N) is 1. The number of aliphatic hydroxyl groups is 1. The summed E-state index contributed by atoms with van der Waals surface area (Å²) >= 11 is 0. The molecule has 1 atom stereocenters. The van der Waals surface area contributed by atoms with Gasteiger partial charge in [-0.3, -0.25) is 0 Å². The third-order valence-electron chi connectivity index (χ3n) is 4.03. The van der Waals surface area contributed by atoms with Crippen molar-refractivity contribution in [3.63, 3.8) is 0 Å². The highest BCUT2D eigenvalue weighted by atomic mass is 16.3.